The predicted octanol–water partition coefficient (Wildman–Crippen LogP) is 6.18. The summed E-state index contributed by atoms with van der Waals surface area (Å²) in [5.74, 6) is 0.809. The van der Waals surface area contributed by atoms with E-state index in [1.807, 2.05) is 28.8 Å². The van der Waals surface area contributed by atoms with Gasteiger partial charge in [0.15, 0.2) is 5.16 Å². The third kappa shape index (κ3) is 4.85. The summed E-state index contributed by atoms with van der Waals surface area (Å²) in [6.07, 6.45) is 3.26. The van der Waals surface area contributed by atoms with Crippen molar-refractivity contribution >= 4 is 22.7 Å². The number of aromatic nitrogens is 2. The summed E-state index contributed by atoms with van der Waals surface area (Å²) in [5.41, 5.74) is 3.60. The molecule has 0 fully saturated rings. The van der Waals surface area contributed by atoms with E-state index in [0.29, 0.717) is 5.39 Å². The molecule has 3 aromatic rings. The van der Waals surface area contributed by atoms with Crippen LogP contribution in [0.15, 0.2) is 58.5 Å². The first kappa shape index (κ1) is 20.7. The lowest BCUT2D eigenvalue weighted by Crippen LogP contribution is -2.23. The second-order valence-corrected chi connectivity index (χ2v) is 9.25. The number of hydrogen-bond donors (Lipinski definition) is 0. The van der Waals surface area contributed by atoms with Crippen LogP contribution in [0.4, 0.5) is 0 Å². The number of benzene rings is 2. The lowest BCUT2D eigenvalue weighted by molar-refractivity contribution is 0.541. The minimum atomic E-state index is 0.0762. The largest absolute Gasteiger partial charge is 0.287 e. The molecule has 0 N–H and O–H groups in total. The van der Waals surface area contributed by atoms with E-state index in [-0.39, 0.29) is 11.0 Å². The van der Waals surface area contributed by atoms with Gasteiger partial charge in [-0.2, -0.15) is 0 Å². The highest BCUT2D eigenvalue weighted by Gasteiger charge is 2.14. The molecule has 0 radical (unpaired) electrons. The molecule has 28 heavy (non-hydrogen) atoms. The van der Waals surface area contributed by atoms with Gasteiger partial charge in [-0.25, -0.2) is 4.98 Å². The van der Waals surface area contributed by atoms with Crippen LogP contribution in [0.1, 0.15) is 58.1 Å². The van der Waals surface area contributed by atoms with Gasteiger partial charge >= 0.3 is 0 Å². The van der Waals surface area contributed by atoms with Crippen LogP contribution in [0.3, 0.4) is 0 Å². The van der Waals surface area contributed by atoms with E-state index in [1.165, 1.54) is 11.1 Å². The summed E-state index contributed by atoms with van der Waals surface area (Å²) in [6.45, 7) is 9.59. The summed E-state index contributed by atoms with van der Waals surface area (Å²) in [5, 5.41) is 1.53. The van der Waals surface area contributed by atoms with Crippen LogP contribution in [0, 0.1) is 0 Å². The molecule has 148 valence electrons. The fourth-order valence-corrected chi connectivity index (χ4v) is 4.20. The van der Waals surface area contributed by atoms with Crippen molar-refractivity contribution in [3.05, 3.63) is 70.0 Å². The maximum atomic E-state index is 13.0. The molecule has 0 saturated heterocycles. The van der Waals surface area contributed by atoms with Gasteiger partial charge < -0.3 is 0 Å². The SMILES string of the molecule is CCCCCn1c(SCc2ccc(C(C)(C)C)cc2)nc2ccccc2c1=O. The number of rotatable bonds is 7. The molecule has 2 aromatic carbocycles. The quantitative estimate of drug-likeness (QED) is 0.273. The summed E-state index contributed by atoms with van der Waals surface area (Å²) in [7, 11) is 0. The van der Waals surface area contributed by atoms with Crippen LogP contribution >= 0.6 is 11.8 Å². The Morgan fingerprint density at radius 3 is 2.39 bits per heavy atom. The zero-order chi connectivity index (χ0) is 20.1. The van der Waals surface area contributed by atoms with E-state index >= 15 is 0 Å². The molecule has 0 bridgehead atoms. The van der Waals surface area contributed by atoms with Gasteiger partial charge in [-0.1, -0.05) is 88.7 Å². The van der Waals surface area contributed by atoms with E-state index < -0.39 is 0 Å². The van der Waals surface area contributed by atoms with E-state index in [9.17, 15) is 4.79 Å². The maximum Gasteiger partial charge on any atom is 0.262 e. The molecule has 0 atom stereocenters. The van der Waals surface area contributed by atoms with Crippen LogP contribution in [-0.4, -0.2) is 9.55 Å². The molecule has 0 aliphatic rings. The van der Waals surface area contributed by atoms with Crippen molar-refractivity contribution in [1.82, 2.24) is 9.55 Å². The minimum absolute atomic E-state index is 0.0762. The molecule has 3 rings (SSSR count). The smallest absolute Gasteiger partial charge is 0.262 e. The van der Waals surface area contributed by atoms with Crippen molar-refractivity contribution in [2.75, 3.05) is 0 Å². The first-order chi connectivity index (χ1) is 13.4. The molecule has 0 aliphatic carbocycles. The Labute approximate surface area is 172 Å². The second kappa shape index (κ2) is 8.95. The van der Waals surface area contributed by atoms with E-state index in [1.54, 1.807) is 11.8 Å². The van der Waals surface area contributed by atoms with Crippen molar-refractivity contribution in [3.63, 3.8) is 0 Å². The predicted molar refractivity (Wildman–Crippen MR) is 120 cm³/mol. The molecule has 0 spiro atoms. The highest BCUT2D eigenvalue weighted by Crippen LogP contribution is 2.26. The van der Waals surface area contributed by atoms with Gasteiger partial charge in [-0.3, -0.25) is 9.36 Å². The number of para-hydroxylation sites is 1. The number of unbranched alkanes of at least 4 members (excludes halogenated alkanes) is 2. The van der Waals surface area contributed by atoms with E-state index in [4.69, 9.17) is 4.98 Å². The van der Waals surface area contributed by atoms with Gasteiger partial charge in [-0.05, 0) is 35.1 Å². The first-order valence-corrected chi connectivity index (χ1v) is 11.1. The van der Waals surface area contributed by atoms with Gasteiger partial charge in [-0.15, -0.1) is 0 Å². The van der Waals surface area contributed by atoms with Crippen molar-refractivity contribution in [1.29, 1.82) is 0 Å². The lowest BCUT2D eigenvalue weighted by Gasteiger charge is -2.19. The molecule has 0 unspecified atom stereocenters. The molecule has 0 aliphatic heterocycles. The maximum absolute atomic E-state index is 13.0. The third-order valence-corrected chi connectivity index (χ3v) is 6.05. The Balaban J connectivity index is 1.86. The first-order valence-electron chi connectivity index (χ1n) is 10.1. The number of nitrogens with zero attached hydrogens (tertiary/aromatic N) is 2. The third-order valence-electron chi connectivity index (χ3n) is 5.00. The average Bonchev–Trinajstić information content (AvgIpc) is 2.68. The zero-order valence-electron chi connectivity index (χ0n) is 17.4. The van der Waals surface area contributed by atoms with Crippen LogP contribution in [0.25, 0.3) is 10.9 Å². The lowest BCUT2D eigenvalue weighted by atomic mass is 9.87. The Hall–Kier alpha value is -2.07. The molecule has 0 amide bonds. The molecule has 3 nitrogen and oxygen atoms in total. The van der Waals surface area contributed by atoms with E-state index in [0.717, 1.165) is 42.2 Å². The standard InChI is InChI=1S/C24H30N2OS/c1-5-6-9-16-26-22(27)20-10-7-8-11-21(20)25-23(26)28-17-18-12-14-19(15-13-18)24(2,3)4/h7-8,10-15H,5-6,9,16-17H2,1-4H3. The number of thioether (sulfide) groups is 1. The zero-order valence-corrected chi connectivity index (χ0v) is 18.2. The summed E-state index contributed by atoms with van der Waals surface area (Å²) < 4.78 is 1.87. The summed E-state index contributed by atoms with van der Waals surface area (Å²) >= 11 is 1.65. The van der Waals surface area contributed by atoms with Gasteiger partial charge in [0.1, 0.15) is 0 Å². The van der Waals surface area contributed by atoms with Gasteiger partial charge in [0, 0.05) is 12.3 Å². The summed E-state index contributed by atoms with van der Waals surface area (Å²) in [6, 6.07) is 16.4. The molecule has 0 saturated carbocycles. The van der Waals surface area contributed by atoms with Gasteiger partial charge in [0.2, 0.25) is 0 Å². The topological polar surface area (TPSA) is 34.9 Å². The Kier molecular flexibility index (Phi) is 6.61. The Morgan fingerprint density at radius 2 is 1.71 bits per heavy atom. The molecular formula is C24H30N2OS. The van der Waals surface area contributed by atoms with Gasteiger partial charge in [0.05, 0.1) is 10.9 Å². The highest BCUT2D eigenvalue weighted by molar-refractivity contribution is 7.98. The molecule has 4 heteroatoms. The van der Waals surface area contributed by atoms with Gasteiger partial charge in [0.25, 0.3) is 5.56 Å². The second-order valence-electron chi connectivity index (χ2n) is 8.31. The van der Waals surface area contributed by atoms with Crippen LogP contribution in [0.2, 0.25) is 0 Å². The number of fused-ring (bicyclic) bond motifs is 1. The van der Waals surface area contributed by atoms with E-state index in [2.05, 4.69) is 52.0 Å². The fraction of sp³-hybridized carbons (Fsp3) is 0.417. The minimum Gasteiger partial charge on any atom is -0.287 e. The van der Waals surface area contributed by atoms with Crippen LogP contribution in [0.5, 0.6) is 0 Å². The average molecular weight is 395 g/mol. The van der Waals surface area contributed by atoms with Crippen molar-refractivity contribution in [3.8, 4) is 0 Å². The monoisotopic (exact) mass is 394 g/mol. The van der Waals surface area contributed by atoms with Crippen LogP contribution in [-0.2, 0) is 17.7 Å². The highest BCUT2D eigenvalue weighted by atomic mass is 32.2. The molecule has 1 aromatic heterocycles. The Morgan fingerprint density at radius 1 is 1.00 bits per heavy atom. The molecule has 1 heterocycles. The van der Waals surface area contributed by atoms with Crippen molar-refractivity contribution in [2.45, 2.75) is 69.8 Å². The van der Waals surface area contributed by atoms with Crippen LogP contribution < -0.4 is 5.56 Å². The van der Waals surface area contributed by atoms with Crippen molar-refractivity contribution < 1.29 is 0 Å². The molecular weight excluding hydrogens is 364 g/mol. The Bertz CT molecular complexity index is 984. The van der Waals surface area contributed by atoms with Crippen molar-refractivity contribution in [2.24, 2.45) is 0 Å². The summed E-state index contributed by atoms with van der Waals surface area (Å²) in [4.78, 5) is 17.8. The normalized spacial score (nSPS) is 11.9. The number of hydrogen-bond acceptors (Lipinski definition) is 3. The fourth-order valence-electron chi connectivity index (χ4n) is 3.22.